The van der Waals surface area contributed by atoms with Crippen LogP contribution in [0, 0.1) is 23.7 Å². The Kier molecular flexibility index (Phi) is 7.88. The van der Waals surface area contributed by atoms with E-state index in [0.717, 1.165) is 45.3 Å². The molecule has 4 rings (SSSR count). The molecule has 3 aliphatic rings. The van der Waals surface area contributed by atoms with Gasteiger partial charge in [-0.25, -0.2) is 4.79 Å². The van der Waals surface area contributed by atoms with E-state index >= 15 is 0 Å². The summed E-state index contributed by atoms with van der Waals surface area (Å²) in [6.07, 6.45) is 1.86. The Morgan fingerprint density at radius 1 is 1.26 bits per heavy atom. The van der Waals surface area contributed by atoms with Crippen molar-refractivity contribution in [1.29, 1.82) is 0 Å². The second-order valence-corrected chi connectivity index (χ2v) is 8.53. The maximum Gasteiger partial charge on any atom is 0.490 e. The number of aromatic nitrogens is 1. The predicted octanol–water partition coefficient (Wildman–Crippen LogP) is 2.33. The zero-order valence-electron chi connectivity index (χ0n) is 17.2. The maximum atomic E-state index is 12.2. The van der Waals surface area contributed by atoms with E-state index in [-0.39, 0.29) is 5.91 Å². The fraction of sp³-hybridized carbons (Fsp3) is 0.667. The molecule has 1 aromatic heterocycles. The minimum atomic E-state index is -5.08. The van der Waals surface area contributed by atoms with Crippen LogP contribution in [0.25, 0.3) is 0 Å². The molecule has 0 radical (unpaired) electrons. The lowest BCUT2D eigenvalue weighted by Crippen LogP contribution is -2.38. The Bertz CT molecular complexity index is 743. The van der Waals surface area contributed by atoms with Gasteiger partial charge in [0, 0.05) is 45.0 Å². The average molecular weight is 443 g/mol. The van der Waals surface area contributed by atoms with Gasteiger partial charge in [0.15, 0.2) is 0 Å². The van der Waals surface area contributed by atoms with Crippen molar-refractivity contribution in [3.63, 3.8) is 0 Å². The van der Waals surface area contributed by atoms with Crippen molar-refractivity contribution >= 4 is 11.9 Å². The lowest BCUT2D eigenvalue weighted by molar-refractivity contribution is -0.192. The fourth-order valence-corrected chi connectivity index (χ4v) is 4.17. The topological polar surface area (TPSA) is 91.8 Å². The number of carbonyl (C=O) groups is 2. The summed E-state index contributed by atoms with van der Waals surface area (Å²) in [4.78, 5) is 27.8. The van der Waals surface area contributed by atoms with Gasteiger partial charge in [-0.05, 0) is 48.1 Å². The highest BCUT2D eigenvalue weighted by molar-refractivity contribution is 5.76. The number of carbonyl (C=O) groups excluding carboxylic acids is 1. The van der Waals surface area contributed by atoms with E-state index in [1.165, 1.54) is 18.4 Å². The largest absolute Gasteiger partial charge is 0.490 e. The van der Waals surface area contributed by atoms with Crippen molar-refractivity contribution in [1.82, 2.24) is 15.2 Å². The van der Waals surface area contributed by atoms with E-state index in [1.54, 1.807) is 0 Å². The third-order valence-corrected chi connectivity index (χ3v) is 5.94. The summed E-state index contributed by atoms with van der Waals surface area (Å²) in [5, 5.41) is 10.2. The minimum absolute atomic E-state index is 0.210. The third-order valence-electron chi connectivity index (χ3n) is 5.94. The maximum absolute atomic E-state index is 12.2. The normalized spacial score (nSPS) is 25.8. The van der Waals surface area contributed by atoms with Crippen molar-refractivity contribution in [3.8, 4) is 0 Å². The molecule has 1 aromatic rings. The zero-order valence-corrected chi connectivity index (χ0v) is 17.2. The number of nitrogens with one attached hydrogen (secondary N) is 1. The number of hydrogen-bond donors (Lipinski definition) is 2. The van der Waals surface area contributed by atoms with Crippen LogP contribution < -0.4 is 5.32 Å². The molecule has 3 atom stereocenters. The van der Waals surface area contributed by atoms with Gasteiger partial charge in [0.25, 0.3) is 0 Å². The molecule has 0 unspecified atom stereocenters. The summed E-state index contributed by atoms with van der Waals surface area (Å²) in [6, 6.07) is 4.13. The number of fused-ring (bicyclic) bond motifs is 1. The minimum Gasteiger partial charge on any atom is -0.475 e. The highest BCUT2D eigenvalue weighted by Crippen LogP contribution is 2.36. The highest BCUT2D eigenvalue weighted by Gasteiger charge is 2.41. The van der Waals surface area contributed by atoms with Crippen LogP contribution in [0.2, 0.25) is 0 Å². The van der Waals surface area contributed by atoms with Gasteiger partial charge in [-0.1, -0.05) is 6.07 Å². The Morgan fingerprint density at radius 3 is 2.61 bits per heavy atom. The van der Waals surface area contributed by atoms with Crippen LogP contribution in [-0.2, 0) is 20.9 Å². The summed E-state index contributed by atoms with van der Waals surface area (Å²) in [5.74, 6) is -0.291. The number of amides is 1. The molecule has 0 spiro atoms. The molecule has 172 valence electrons. The van der Waals surface area contributed by atoms with Crippen molar-refractivity contribution in [2.75, 3.05) is 32.8 Å². The van der Waals surface area contributed by atoms with Crippen molar-refractivity contribution < 1.29 is 32.6 Å². The van der Waals surface area contributed by atoms with E-state index in [0.29, 0.717) is 24.2 Å². The molecule has 2 aliphatic heterocycles. The Labute approximate surface area is 179 Å². The van der Waals surface area contributed by atoms with Crippen LogP contribution in [0.4, 0.5) is 13.2 Å². The Hall–Kier alpha value is -2.20. The molecule has 2 saturated heterocycles. The third kappa shape index (κ3) is 7.46. The molecule has 1 aliphatic carbocycles. The number of likely N-dealkylation sites (tertiary alicyclic amines) is 1. The number of alkyl halides is 3. The molecule has 1 amide bonds. The molecule has 3 heterocycles. The number of halogens is 3. The Balaban J connectivity index is 0.000000339. The van der Waals surface area contributed by atoms with Crippen molar-refractivity contribution in [2.24, 2.45) is 23.7 Å². The average Bonchev–Trinajstić information content (AvgIpc) is 3.45. The van der Waals surface area contributed by atoms with Gasteiger partial charge in [-0.15, -0.1) is 0 Å². The van der Waals surface area contributed by atoms with Gasteiger partial charge in [0.05, 0.1) is 13.2 Å². The van der Waals surface area contributed by atoms with E-state index in [4.69, 9.17) is 14.6 Å². The summed E-state index contributed by atoms with van der Waals surface area (Å²) < 4.78 is 37.6. The first kappa shape index (κ1) is 23.5. The van der Waals surface area contributed by atoms with Gasteiger partial charge in [0.1, 0.15) is 0 Å². The number of carboxylic acids is 1. The lowest BCUT2D eigenvalue weighted by atomic mass is 9.81. The molecule has 1 saturated carbocycles. The van der Waals surface area contributed by atoms with Crippen LogP contribution in [0.15, 0.2) is 24.5 Å². The van der Waals surface area contributed by atoms with E-state index in [9.17, 15) is 18.0 Å². The summed E-state index contributed by atoms with van der Waals surface area (Å²) in [6.45, 7) is 5.53. The van der Waals surface area contributed by atoms with E-state index in [1.807, 2.05) is 18.5 Å². The van der Waals surface area contributed by atoms with Crippen molar-refractivity contribution in [2.45, 2.75) is 32.0 Å². The smallest absolute Gasteiger partial charge is 0.475 e. The molecule has 31 heavy (non-hydrogen) atoms. The van der Waals surface area contributed by atoms with Crippen molar-refractivity contribution in [3.05, 3.63) is 30.1 Å². The predicted molar refractivity (Wildman–Crippen MR) is 105 cm³/mol. The van der Waals surface area contributed by atoms with Crippen LogP contribution in [0.3, 0.4) is 0 Å². The van der Waals surface area contributed by atoms with Gasteiger partial charge in [-0.2, -0.15) is 13.2 Å². The van der Waals surface area contributed by atoms with Crippen LogP contribution in [-0.4, -0.2) is 65.9 Å². The number of rotatable bonds is 6. The summed E-state index contributed by atoms with van der Waals surface area (Å²) in [5.41, 5.74) is 1.26. The molecule has 3 fully saturated rings. The zero-order chi connectivity index (χ0) is 22.4. The molecule has 0 aromatic carbocycles. The van der Waals surface area contributed by atoms with Crippen LogP contribution in [0.1, 0.15) is 24.8 Å². The van der Waals surface area contributed by atoms with Crippen LogP contribution in [0.5, 0.6) is 0 Å². The highest BCUT2D eigenvalue weighted by atomic mass is 19.4. The monoisotopic (exact) mass is 443 g/mol. The van der Waals surface area contributed by atoms with Gasteiger partial charge >= 0.3 is 12.1 Å². The second kappa shape index (κ2) is 10.4. The SMILES string of the molecule is O=C(C[C@@H]1COC[C@H]2CN(Cc3cccnc3)C[C@@H]12)NCC1CC1.O=C(O)C(F)(F)F. The number of carboxylic acid groups (broad SMARTS) is 1. The number of hydrogen-bond acceptors (Lipinski definition) is 5. The first-order valence-corrected chi connectivity index (χ1v) is 10.5. The van der Waals surface area contributed by atoms with Crippen LogP contribution >= 0.6 is 0 Å². The van der Waals surface area contributed by atoms with Gasteiger partial charge < -0.3 is 15.2 Å². The number of pyridine rings is 1. The quantitative estimate of drug-likeness (QED) is 0.701. The number of aliphatic carboxylic acids is 1. The van der Waals surface area contributed by atoms with Gasteiger partial charge in [-0.3, -0.25) is 14.7 Å². The molecule has 2 N–H and O–H groups in total. The standard InChI is InChI=1S/C19H27N3O2.C2HF3O2/c23-19(21-8-14-3-4-14)6-16-12-24-13-17-10-22(11-18(16)17)9-15-2-1-5-20-7-15;3-2(4,5)1(6)7/h1-2,5,7,14,16-18H,3-4,6,8-13H2,(H,21,23);(H,6,7)/t16-,17-,18+;/m1./s1. The molecular weight excluding hydrogens is 415 g/mol. The number of nitrogens with zero attached hydrogens (tertiary/aromatic N) is 2. The molecule has 7 nitrogen and oxygen atoms in total. The number of ether oxygens (including phenoxy) is 1. The lowest BCUT2D eigenvalue weighted by Gasteiger charge is -2.32. The van der Waals surface area contributed by atoms with E-state index < -0.39 is 12.1 Å². The Morgan fingerprint density at radius 2 is 2.00 bits per heavy atom. The molecule has 0 bridgehead atoms. The summed E-state index contributed by atoms with van der Waals surface area (Å²) >= 11 is 0. The first-order valence-electron chi connectivity index (χ1n) is 10.5. The fourth-order valence-electron chi connectivity index (χ4n) is 4.17. The van der Waals surface area contributed by atoms with Gasteiger partial charge in [0.2, 0.25) is 5.91 Å². The first-order chi connectivity index (χ1) is 14.7. The molecule has 10 heteroatoms. The molecular formula is C21H28F3N3O4. The second-order valence-electron chi connectivity index (χ2n) is 8.53. The summed E-state index contributed by atoms with van der Waals surface area (Å²) in [7, 11) is 0. The van der Waals surface area contributed by atoms with E-state index in [2.05, 4.69) is 21.3 Å².